The highest BCUT2D eigenvalue weighted by molar-refractivity contribution is 6.33. The number of halogens is 4. The largest absolute Gasteiger partial charge is 0.490 e. The summed E-state index contributed by atoms with van der Waals surface area (Å²) >= 11 is 6.08. The van der Waals surface area contributed by atoms with Crippen LogP contribution in [0.4, 0.5) is 29.3 Å². The predicted molar refractivity (Wildman–Crippen MR) is 140 cm³/mol. The van der Waals surface area contributed by atoms with Crippen molar-refractivity contribution >= 4 is 35.0 Å². The summed E-state index contributed by atoms with van der Waals surface area (Å²) in [5.41, 5.74) is 3.24. The molecule has 39 heavy (non-hydrogen) atoms. The fourth-order valence-electron chi connectivity index (χ4n) is 3.48. The number of alkyl halides is 3. The minimum absolute atomic E-state index is 0.379. The van der Waals surface area contributed by atoms with Gasteiger partial charge in [0.15, 0.2) is 0 Å². The lowest BCUT2D eigenvalue weighted by molar-refractivity contribution is -0.192. The second-order valence-electron chi connectivity index (χ2n) is 8.34. The Kier molecular flexibility index (Phi) is 11.1. The van der Waals surface area contributed by atoms with Crippen LogP contribution in [0.5, 0.6) is 0 Å². The fraction of sp³-hybridized carbons (Fsp3) is 0.320. The standard InChI is InChI=1S/C23H27ClN6O2.C2HF3O2/c24-21-6-1-2-7-22(21)28-23(31)27-19-16-26-30(17-19)20-5-3-4-18(14-20)15-25-8-9-29-10-12-32-13-11-29;3-2(4,5)1(6)7/h1-7,14,16-17,25H,8-13,15H2,(H2,27,28,31);(H,6,7). The number of hydrogen-bond acceptors (Lipinski definition) is 6. The van der Waals surface area contributed by atoms with E-state index in [-0.39, 0.29) is 6.03 Å². The third-order valence-electron chi connectivity index (χ3n) is 5.42. The van der Waals surface area contributed by atoms with E-state index in [1.807, 2.05) is 24.3 Å². The van der Waals surface area contributed by atoms with Gasteiger partial charge in [-0.2, -0.15) is 18.3 Å². The van der Waals surface area contributed by atoms with Crippen LogP contribution in [-0.2, 0) is 16.1 Å². The predicted octanol–water partition coefficient (Wildman–Crippen LogP) is 4.22. The molecule has 14 heteroatoms. The number of urea groups is 1. The number of carbonyl (C=O) groups excluding carboxylic acids is 1. The summed E-state index contributed by atoms with van der Waals surface area (Å²) in [4.78, 5) is 23.6. The maximum Gasteiger partial charge on any atom is 0.490 e. The van der Waals surface area contributed by atoms with Crippen molar-refractivity contribution in [2.45, 2.75) is 12.7 Å². The van der Waals surface area contributed by atoms with Crippen LogP contribution >= 0.6 is 11.6 Å². The van der Waals surface area contributed by atoms with Crippen LogP contribution < -0.4 is 16.0 Å². The molecule has 0 aliphatic carbocycles. The van der Waals surface area contributed by atoms with Crippen LogP contribution in [-0.4, -0.2) is 77.4 Å². The molecule has 0 bridgehead atoms. The summed E-state index contributed by atoms with van der Waals surface area (Å²) in [6, 6.07) is 14.9. The van der Waals surface area contributed by atoms with E-state index in [1.54, 1.807) is 29.2 Å². The topological polar surface area (TPSA) is 121 Å². The van der Waals surface area contributed by atoms with Gasteiger partial charge in [-0.15, -0.1) is 0 Å². The van der Waals surface area contributed by atoms with E-state index in [4.69, 9.17) is 26.2 Å². The molecule has 3 aromatic rings. The molecule has 0 atom stereocenters. The molecule has 1 aliphatic heterocycles. The summed E-state index contributed by atoms with van der Waals surface area (Å²) in [5, 5.41) is 21.0. The second kappa shape index (κ2) is 14.5. The molecule has 10 nitrogen and oxygen atoms in total. The van der Waals surface area contributed by atoms with Crippen molar-refractivity contribution in [3.05, 3.63) is 71.5 Å². The van der Waals surface area contributed by atoms with Crippen LogP contribution in [0.15, 0.2) is 60.9 Å². The van der Waals surface area contributed by atoms with Crippen LogP contribution in [0.3, 0.4) is 0 Å². The average molecular weight is 569 g/mol. The van der Waals surface area contributed by atoms with Crippen molar-refractivity contribution in [3.8, 4) is 5.69 Å². The monoisotopic (exact) mass is 568 g/mol. The van der Waals surface area contributed by atoms with Gasteiger partial charge in [-0.3, -0.25) is 4.90 Å². The Balaban J connectivity index is 0.000000532. The lowest BCUT2D eigenvalue weighted by Crippen LogP contribution is -2.40. The van der Waals surface area contributed by atoms with E-state index in [2.05, 4.69) is 38.1 Å². The number of carbonyl (C=O) groups is 2. The number of morpholine rings is 1. The Labute approximate surface area is 227 Å². The highest BCUT2D eigenvalue weighted by Crippen LogP contribution is 2.21. The van der Waals surface area contributed by atoms with Gasteiger partial charge in [0.2, 0.25) is 0 Å². The molecular formula is C25H28ClF3N6O4. The van der Waals surface area contributed by atoms with Crippen molar-refractivity contribution in [1.29, 1.82) is 0 Å². The van der Waals surface area contributed by atoms with Gasteiger partial charge in [0.05, 0.1) is 47.7 Å². The van der Waals surface area contributed by atoms with Gasteiger partial charge in [0.1, 0.15) is 0 Å². The van der Waals surface area contributed by atoms with E-state index in [9.17, 15) is 18.0 Å². The Morgan fingerprint density at radius 2 is 1.79 bits per heavy atom. The van der Waals surface area contributed by atoms with E-state index < -0.39 is 12.1 Å². The lowest BCUT2D eigenvalue weighted by atomic mass is 10.2. The van der Waals surface area contributed by atoms with Gasteiger partial charge in [0, 0.05) is 32.7 Å². The first-order valence-electron chi connectivity index (χ1n) is 11.9. The highest BCUT2D eigenvalue weighted by atomic mass is 35.5. The number of aromatic nitrogens is 2. The van der Waals surface area contributed by atoms with Gasteiger partial charge in [-0.05, 0) is 29.8 Å². The molecule has 4 N–H and O–H groups in total. The van der Waals surface area contributed by atoms with Crippen molar-refractivity contribution in [3.63, 3.8) is 0 Å². The maximum atomic E-state index is 12.3. The molecule has 1 fully saturated rings. The molecule has 4 rings (SSSR count). The van der Waals surface area contributed by atoms with Gasteiger partial charge >= 0.3 is 18.2 Å². The Hall–Kier alpha value is -3.65. The molecule has 1 aromatic heterocycles. The molecule has 2 heterocycles. The molecule has 2 aromatic carbocycles. The van der Waals surface area contributed by atoms with Crippen molar-refractivity contribution in [2.24, 2.45) is 0 Å². The third kappa shape index (κ3) is 10.2. The van der Waals surface area contributed by atoms with E-state index in [0.29, 0.717) is 16.4 Å². The summed E-state index contributed by atoms with van der Waals surface area (Å²) in [6.45, 7) is 6.39. The molecule has 210 valence electrons. The number of amides is 2. The third-order valence-corrected chi connectivity index (χ3v) is 5.75. The molecular weight excluding hydrogens is 541 g/mol. The molecule has 2 amide bonds. The van der Waals surface area contributed by atoms with E-state index in [1.165, 1.54) is 5.56 Å². The Morgan fingerprint density at radius 1 is 1.08 bits per heavy atom. The summed E-state index contributed by atoms with van der Waals surface area (Å²) in [6.07, 6.45) is -1.70. The first-order valence-corrected chi connectivity index (χ1v) is 12.3. The fourth-order valence-corrected chi connectivity index (χ4v) is 3.66. The van der Waals surface area contributed by atoms with E-state index >= 15 is 0 Å². The van der Waals surface area contributed by atoms with Gasteiger partial charge in [0.25, 0.3) is 0 Å². The molecule has 0 radical (unpaired) electrons. The first-order chi connectivity index (χ1) is 18.6. The smallest absolute Gasteiger partial charge is 0.475 e. The summed E-state index contributed by atoms with van der Waals surface area (Å²) < 4.78 is 38.9. The van der Waals surface area contributed by atoms with Crippen LogP contribution in [0, 0.1) is 0 Å². The van der Waals surface area contributed by atoms with Gasteiger partial charge in [-0.25, -0.2) is 14.3 Å². The maximum absolute atomic E-state index is 12.3. The summed E-state index contributed by atoms with van der Waals surface area (Å²) in [5.74, 6) is -2.76. The van der Waals surface area contributed by atoms with Crippen LogP contribution in [0.25, 0.3) is 5.69 Å². The zero-order valence-electron chi connectivity index (χ0n) is 20.7. The number of aliphatic carboxylic acids is 1. The Bertz CT molecular complexity index is 1230. The molecule has 0 saturated carbocycles. The number of anilines is 2. The number of carboxylic acid groups (broad SMARTS) is 1. The van der Waals surface area contributed by atoms with Gasteiger partial charge in [-0.1, -0.05) is 35.9 Å². The SMILES string of the molecule is O=C(Nc1cnn(-c2cccc(CNCCN3CCOCC3)c2)c1)Nc1ccccc1Cl.O=C(O)C(F)(F)F. The second-order valence-corrected chi connectivity index (χ2v) is 8.74. The first kappa shape index (κ1) is 29.9. The number of nitrogens with zero attached hydrogens (tertiary/aromatic N) is 3. The van der Waals surface area contributed by atoms with Crippen molar-refractivity contribution in [1.82, 2.24) is 20.0 Å². The summed E-state index contributed by atoms with van der Waals surface area (Å²) in [7, 11) is 0. The number of carboxylic acids is 1. The molecule has 1 aliphatic rings. The zero-order chi connectivity index (χ0) is 28.3. The average Bonchev–Trinajstić information content (AvgIpc) is 3.37. The van der Waals surface area contributed by atoms with E-state index in [0.717, 1.165) is 51.6 Å². The number of rotatable bonds is 8. The number of benzene rings is 2. The quantitative estimate of drug-likeness (QED) is 0.300. The minimum Gasteiger partial charge on any atom is -0.475 e. The molecule has 0 unspecified atom stereocenters. The van der Waals surface area contributed by atoms with Crippen LogP contribution in [0.2, 0.25) is 5.02 Å². The number of nitrogens with one attached hydrogen (secondary N) is 3. The Morgan fingerprint density at radius 3 is 2.49 bits per heavy atom. The normalized spacial score (nSPS) is 13.7. The zero-order valence-corrected chi connectivity index (χ0v) is 21.5. The number of para-hydroxylation sites is 1. The molecule has 1 saturated heterocycles. The van der Waals surface area contributed by atoms with Crippen molar-refractivity contribution < 1.29 is 32.6 Å². The minimum atomic E-state index is -5.08. The number of ether oxygens (including phenoxy) is 1. The highest BCUT2D eigenvalue weighted by Gasteiger charge is 2.38. The van der Waals surface area contributed by atoms with Gasteiger partial charge < -0.3 is 25.8 Å². The molecule has 0 spiro atoms. The lowest BCUT2D eigenvalue weighted by Gasteiger charge is -2.26. The van der Waals surface area contributed by atoms with Crippen molar-refractivity contribution in [2.75, 3.05) is 50.0 Å². The number of hydrogen-bond donors (Lipinski definition) is 4. The van der Waals surface area contributed by atoms with Crippen LogP contribution in [0.1, 0.15) is 5.56 Å².